The Bertz CT molecular complexity index is 1080. The fourth-order valence-corrected chi connectivity index (χ4v) is 3.08. The van der Waals surface area contributed by atoms with E-state index in [0.29, 0.717) is 33.5 Å². The molecule has 1 amide bonds. The standard InChI is InChI=1S/C20H17Cl2N3O3/c1-12-18(22)20(27)25(19(23-12)13-6-4-3-5-7-13)11-17(26)24-14-8-9-16(28-2)15(21)10-14/h3-10H,11H2,1-2H3,(H,24,26). The predicted octanol–water partition coefficient (Wildman–Crippen LogP) is 4.17. The van der Waals surface area contributed by atoms with E-state index in [1.54, 1.807) is 25.1 Å². The first kappa shape index (κ1) is 19.9. The second-order valence-corrected chi connectivity index (χ2v) is 6.77. The van der Waals surface area contributed by atoms with E-state index in [-0.39, 0.29) is 11.6 Å². The molecule has 0 aliphatic carbocycles. The maximum atomic E-state index is 12.7. The van der Waals surface area contributed by atoms with E-state index in [2.05, 4.69) is 10.3 Å². The van der Waals surface area contributed by atoms with Crippen molar-refractivity contribution in [3.05, 3.63) is 74.6 Å². The predicted molar refractivity (Wildman–Crippen MR) is 110 cm³/mol. The maximum absolute atomic E-state index is 12.7. The summed E-state index contributed by atoms with van der Waals surface area (Å²) in [5.41, 5.74) is 1.12. The number of halogens is 2. The molecule has 3 aromatic rings. The van der Waals surface area contributed by atoms with Crippen molar-refractivity contribution in [3.63, 3.8) is 0 Å². The molecule has 3 rings (SSSR count). The number of anilines is 1. The zero-order chi connectivity index (χ0) is 20.3. The van der Waals surface area contributed by atoms with Crippen molar-refractivity contribution in [1.82, 2.24) is 9.55 Å². The molecule has 28 heavy (non-hydrogen) atoms. The topological polar surface area (TPSA) is 73.2 Å². The number of carbonyl (C=O) groups excluding carboxylic acids is 1. The third kappa shape index (κ3) is 4.18. The molecule has 0 saturated carbocycles. The minimum absolute atomic E-state index is 0.0139. The van der Waals surface area contributed by atoms with Gasteiger partial charge in [-0.15, -0.1) is 0 Å². The highest BCUT2D eigenvalue weighted by atomic mass is 35.5. The fraction of sp³-hybridized carbons (Fsp3) is 0.150. The second kappa shape index (κ2) is 8.46. The summed E-state index contributed by atoms with van der Waals surface area (Å²) in [7, 11) is 1.51. The summed E-state index contributed by atoms with van der Waals surface area (Å²) in [6.45, 7) is 1.40. The van der Waals surface area contributed by atoms with Gasteiger partial charge in [0.1, 0.15) is 23.1 Å². The Kier molecular flexibility index (Phi) is 6.02. The first-order chi connectivity index (χ1) is 13.4. The Morgan fingerprint density at radius 3 is 2.54 bits per heavy atom. The Balaban J connectivity index is 1.93. The summed E-state index contributed by atoms with van der Waals surface area (Å²) in [5, 5.41) is 3.06. The van der Waals surface area contributed by atoms with Crippen LogP contribution in [-0.2, 0) is 11.3 Å². The molecule has 0 spiro atoms. The van der Waals surface area contributed by atoms with Crippen LogP contribution in [0.1, 0.15) is 5.69 Å². The van der Waals surface area contributed by atoms with Gasteiger partial charge in [0.05, 0.1) is 17.8 Å². The minimum atomic E-state index is -0.476. The van der Waals surface area contributed by atoms with Crippen molar-refractivity contribution in [2.45, 2.75) is 13.5 Å². The number of methoxy groups -OCH3 is 1. The van der Waals surface area contributed by atoms with Crippen LogP contribution in [-0.4, -0.2) is 22.6 Å². The molecule has 1 aromatic heterocycles. The second-order valence-electron chi connectivity index (χ2n) is 5.99. The van der Waals surface area contributed by atoms with Gasteiger partial charge in [0, 0.05) is 11.3 Å². The molecule has 0 aliphatic heterocycles. The lowest BCUT2D eigenvalue weighted by Gasteiger charge is -2.14. The van der Waals surface area contributed by atoms with Gasteiger partial charge in [-0.25, -0.2) is 4.98 Å². The highest BCUT2D eigenvalue weighted by Crippen LogP contribution is 2.27. The minimum Gasteiger partial charge on any atom is -0.495 e. The number of rotatable bonds is 5. The molecule has 0 radical (unpaired) electrons. The molecular weight excluding hydrogens is 401 g/mol. The van der Waals surface area contributed by atoms with Crippen LogP contribution in [0.25, 0.3) is 11.4 Å². The quantitative estimate of drug-likeness (QED) is 0.675. The Labute approximate surface area is 171 Å². The maximum Gasteiger partial charge on any atom is 0.273 e. The summed E-state index contributed by atoms with van der Waals surface area (Å²) < 4.78 is 6.35. The van der Waals surface area contributed by atoms with E-state index in [4.69, 9.17) is 27.9 Å². The van der Waals surface area contributed by atoms with Crippen LogP contribution >= 0.6 is 23.2 Å². The highest BCUT2D eigenvalue weighted by Gasteiger charge is 2.17. The van der Waals surface area contributed by atoms with E-state index < -0.39 is 11.5 Å². The fourth-order valence-electron chi connectivity index (χ4n) is 2.68. The summed E-state index contributed by atoms with van der Waals surface area (Å²) in [6.07, 6.45) is 0. The molecule has 1 N–H and O–H groups in total. The number of ether oxygens (including phenoxy) is 1. The number of amides is 1. The largest absolute Gasteiger partial charge is 0.495 e. The van der Waals surface area contributed by atoms with Crippen LogP contribution in [0.2, 0.25) is 10.0 Å². The van der Waals surface area contributed by atoms with E-state index in [1.165, 1.54) is 11.7 Å². The molecule has 0 unspecified atom stereocenters. The Morgan fingerprint density at radius 2 is 1.89 bits per heavy atom. The van der Waals surface area contributed by atoms with Crippen LogP contribution in [0, 0.1) is 6.92 Å². The van der Waals surface area contributed by atoms with Gasteiger partial charge in [0.2, 0.25) is 5.91 Å². The van der Waals surface area contributed by atoms with Crippen LogP contribution in [0.15, 0.2) is 53.3 Å². The van der Waals surface area contributed by atoms with Crippen molar-refractivity contribution < 1.29 is 9.53 Å². The third-order valence-electron chi connectivity index (χ3n) is 4.05. The number of benzene rings is 2. The van der Waals surface area contributed by atoms with Crippen LogP contribution in [0.4, 0.5) is 5.69 Å². The molecule has 144 valence electrons. The Morgan fingerprint density at radius 1 is 1.18 bits per heavy atom. The van der Waals surface area contributed by atoms with Crippen molar-refractivity contribution in [2.75, 3.05) is 12.4 Å². The lowest BCUT2D eigenvalue weighted by molar-refractivity contribution is -0.116. The van der Waals surface area contributed by atoms with Gasteiger partial charge in [0.25, 0.3) is 5.56 Å². The number of nitrogens with one attached hydrogen (secondary N) is 1. The van der Waals surface area contributed by atoms with Crippen LogP contribution in [0.5, 0.6) is 5.75 Å². The van der Waals surface area contributed by atoms with Crippen LogP contribution < -0.4 is 15.6 Å². The summed E-state index contributed by atoms with van der Waals surface area (Å²) in [4.78, 5) is 29.7. The number of carbonyl (C=O) groups is 1. The molecule has 0 saturated heterocycles. The van der Waals surface area contributed by atoms with Gasteiger partial charge in [-0.1, -0.05) is 53.5 Å². The molecule has 0 atom stereocenters. The van der Waals surface area contributed by atoms with Crippen LogP contribution in [0.3, 0.4) is 0 Å². The number of hydrogen-bond donors (Lipinski definition) is 1. The summed E-state index contributed by atoms with van der Waals surface area (Å²) in [6, 6.07) is 14.0. The average Bonchev–Trinajstić information content (AvgIpc) is 2.69. The van der Waals surface area contributed by atoms with Gasteiger partial charge in [-0.3, -0.25) is 14.2 Å². The normalized spacial score (nSPS) is 10.6. The van der Waals surface area contributed by atoms with Crippen molar-refractivity contribution in [3.8, 4) is 17.1 Å². The number of aromatic nitrogens is 2. The van der Waals surface area contributed by atoms with Gasteiger partial charge < -0.3 is 10.1 Å². The molecular formula is C20H17Cl2N3O3. The molecule has 1 heterocycles. The SMILES string of the molecule is COc1ccc(NC(=O)Cn2c(-c3ccccc3)nc(C)c(Cl)c2=O)cc1Cl. The Hall–Kier alpha value is -2.83. The molecule has 0 bridgehead atoms. The van der Waals surface area contributed by atoms with E-state index in [1.807, 2.05) is 30.3 Å². The zero-order valence-corrected chi connectivity index (χ0v) is 16.7. The zero-order valence-electron chi connectivity index (χ0n) is 15.2. The van der Waals surface area contributed by atoms with Crippen molar-refractivity contribution in [1.29, 1.82) is 0 Å². The van der Waals surface area contributed by atoms with E-state index in [0.717, 1.165) is 0 Å². The molecule has 0 aliphatic rings. The van der Waals surface area contributed by atoms with E-state index >= 15 is 0 Å². The average molecular weight is 418 g/mol. The summed E-state index contributed by atoms with van der Waals surface area (Å²) >= 11 is 12.2. The lowest BCUT2D eigenvalue weighted by atomic mass is 10.2. The third-order valence-corrected chi connectivity index (χ3v) is 4.78. The van der Waals surface area contributed by atoms with Gasteiger partial charge >= 0.3 is 0 Å². The first-order valence-corrected chi connectivity index (χ1v) is 9.12. The number of hydrogen-bond acceptors (Lipinski definition) is 4. The highest BCUT2D eigenvalue weighted by molar-refractivity contribution is 6.32. The molecule has 6 nitrogen and oxygen atoms in total. The monoisotopic (exact) mass is 417 g/mol. The summed E-state index contributed by atoms with van der Waals surface area (Å²) in [5.74, 6) is 0.453. The molecule has 0 fully saturated rings. The molecule has 8 heteroatoms. The molecule has 2 aromatic carbocycles. The first-order valence-electron chi connectivity index (χ1n) is 8.36. The lowest BCUT2D eigenvalue weighted by Crippen LogP contribution is -2.30. The van der Waals surface area contributed by atoms with Crippen molar-refractivity contribution in [2.24, 2.45) is 0 Å². The van der Waals surface area contributed by atoms with Gasteiger partial charge in [0.15, 0.2) is 0 Å². The smallest absolute Gasteiger partial charge is 0.273 e. The van der Waals surface area contributed by atoms with Crippen molar-refractivity contribution >= 4 is 34.8 Å². The number of aryl methyl sites for hydroxylation is 1. The van der Waals surface area contributed by atoms with E-state index in [9.17, 15) is 9.59 Å². The van der Waals surface area contributed by atoms with Gasteiger partial charge in [-0.05, 0) is 25.1 Å². The number of nitrogens with zero attached hydrogens (tertiary/aromatic N) is 2. The van der Waals surface area contributed by atoms with Gasteiger partial charge in [-0.2, -0.15) is 0 Å².